The number of carbonyl (C=O) groups excluding carboxylic acids is 3. The molecule has 4 heteroatoms. The van der Waals surface area contributed by atoms with Gasteiger partial charge in [0.25, 0.3) is 0 Å². The van der Waals surface area contributed by atoms with Crippen molar-refractivity contribution in [3.05, 3.63) is 12.2 Å². The summed E-state index contributed by atoms with van der Waals surface area (Å²) in [7, 11) is 0. The minimum atomic E-state index is -1.10. The minimum absolute atomic E-state index is 0.0384. The van der Waals surface area contributed by atoms with Gasteiger partial charge in [-0.25, -0.2) is 0 Å². The molecule has 108 valence electrons. The van der Waals surface area contributed by atoms with Crippen LogP contribution < -0.4 is 0 Å². The number of amides is 1. The monoisotopic (exact) mass is 275 g/mol. The van der Waals surface area contributed by atoms with Crippen molar-refractivity contribution in [3.63, 3.8) is 0 Å². The van der Waals surface area contributed by atoms with Gasteiger partial charge in [-0.05, 0) is 30.8 Å². The van der Waals surface area contributed by atoms with Gasteiger partial charge in [-0.1, -0.05) is 19.4 Å². The van der Waals surface area contributed by atoms with Gasteiger partial charge in [0.2, 0.25) is 5.91 Å². The van der Waals surface area contributed by atoms with E-state index in [1.807, 2.05) is 4.90 Å². The summed E-state index contributed by atoms with van der Waals surface area (Å²) in [5.74, 6) is -0.334. The largest absolute Gasteiger partial charge is 0.342 e. The van der Waals surface area contributed by atoms with E-state index in [2.05, 4.69) is 6.58 Å². The lowest BCUT2D eigenvalue weighted by Crippen LogP contribution is -2.49. The van der Waals surface area contributed by atoms with Gasteiger partial charge in [-0.15, -0.1) is 0 Å². The molecule has 0 spiro atoms. The highest BCUT2D eigenvalue weighted by atomic mass is 16.2. The molecule has 3 rings (SSSR count). The first-order chi connectivity index (χ1) is 9.54. The highest BCUT2D eigenvalue weighted by Crippen LogP contribution is 2.51. The molecule has 0 N–H and O–H groups in total. The Labute approximate surface area is 119 Å². The van der Waals surface area contributed by atoms with E-state index in [0.29, 0.717) is 18.4 Å². The Morgan fingerprint density at radius 2 is 1.80 bits per heavy atom. The SMILES string of the molecule is C=C1C(=O)C2(C(=O)N3CCCCCC3)CC(=O)CC1C2. The topological polar surface area (TPSA) is 54.5 Å². The zero-order valence-corrected chi connectivity index (χ0v) is 11.8. The summed E-state index contributed by atoms with van der Waals surface area (Å²) in [6, 6.07) is 0. The summed E-state index contributed by atoms with van der Waals surface area (Å²) in [4.78, 5) is 39.2. The van der Waals surface area contributed by atoms with E-state index < -0.39 is 5.41 Å². The van der Waals surface area contributed by atoms with E-state index in [4.69, 9.17) is 0 Å². The molecule has 3 aliphatic rings. The summed E-state index contributed by atoms with van der Waals surface area (Å²) in [6.45, 7) is 5.27. The van der Waals surface area contributed by atoms with Crippen LogP contribution in [0.2, 0.25) is 0 Å². The standard InChI is InChI=1S/C16H21NO3/c1-11-12-8-13(18)10-16(9-12,14(11)19)15(20)17-6-4-2-3-5-7-17/h12H,1-10H2. The first kappa shape index (κ1) is 13.5. The Hall–Kier alpha value is -1.45. The lowest BCUT2D eigenvalue weighted by atomic mass is 9.73. The maximum absolute atomic E-state index is 12.9. The van der Waals surface area contributed by atoms with Crippen LogP contribution in [0.1, 0.15) is 44.9 Å². The normalized spacial score (nSPS) is 34.3. The van der Waals surface area contributed by atoms with Crippen LogP contribution in [-0.4, -0.2) is 35.5 Å². The number of ketones is 2. The lowest BCUT2D eigenvalue weighted by molar-refractivity contribution is -0.151. The molecule has 4 nitrogen and oxygen atoms in total. The van der Waals surface area contributed by atoms with Gasteiger partial charge in [-0.3, -0.25) is 14.4 Å². The fourth-order valence-electron chi connectivity index (χ4n) is 4.00. The Morgan fingerprint density at radius 1 is 1.15 bits per heavy atom. The maximum atomic E-state index is 12.9. The van der Waals surface area contributed by atoms with Gasteiger partial charge in [0.1, 0.15) is 11.2 Å². The molecule has 0 aromatic rings. The van der Waals surface area contributed by atoms with Crippen LogP contribution in [0, 0.1) is 11.3 Å². The van der Waals surface area contributed by atoms with Crippen molar-refractivity contribution in [2.24, 2.45) is 11.3 Å². The number of likely N-dealkylation sites (tertiary alicyclic amines) is 1. The summed E-state index contributed by atoms with van der Waals surface area (Å²) < 4.78 is 0. The predicted octanol–water partition coefficient (Wildman–Crippen LogP) is 1.88. The number of rotatable bonds is 1. The second-order valence-corrected chi connectivity index (χ2v) is 6.46. The van der Waals surface area contributed by atoms with Gasteiger partial charge in [-0.2, -0.15) is 0 Å². The smallest absolute Gasteiger partial charge is 0.237 e. The van der Waals surface area contributed by atoms with Crippen molar-refractivity contribution in [1.82, 2.24) is 4.90 Å². The number of hydrogen-bond acceptors (Lipinski definition) is 3. The molecule has 1 heterocycles. The first-order valence-electron chi connectivity index (χ1n) is 7.59. The Morgan fingerprint density at radius 3 is 2.45 bits per heavy atom. The molecule has 2 atom stereocenters. The summed E-state index contributed by atoms with van der Waals surface area (Å²) in [5, 5.41) is 0. The van der Waals surface area contributed by atoms with Crippen molar-refractivity contribution < 1.29 is 14.4 Å². The number of fused-ring (bicyclic) bond motifs is 2. The molecule has 1 saturated heterocycles. The molecule has 2 unspecified atom stereocenters. The van der Waals surface area contributed by atoms with Gasteiger partial charge in [0.15, 0.2) is 5.78 Å². The van der Waals surface area contributed by atoms with Gasteiger partial charge < -0.3 is 4.90 Å². The first-order valence-corrected chi connectivity index (χ1v) is 7.59. The average Bonchev–Trinajstić information content (AvgIpc) is 2.67. The Kier molecular flexibility index (Phi) is 3.27. The third-order valence-electron chi connectivity index (χ3n) is 5.09. The molecule has 0 radical (unpaired) electrons. The molecule has 0 aromatic heterocycles. The Balaban J connectivity index is 1.90. The number of allylic oxidation sites excluding steroid dienone is 1. The van der Waals surface area contributed by atoms with Crippen LogP contribution in [0.3, 0.4) is 0 Å². The van der Waals surface area contributed by atoms with E-state index in [0.717, 1.165) is 38.8 Å². The molecule has 2 bridgehead atoms. The predicted molar refractivity (Wildman–Crippen MR) is 74.0 cm³/mol. The van der Waals surface area contributed by atoms with Crippen LogP contribution in [0.15, 0.2) is 12.2 Å². The number of nitrogens with zero attached hydrogens (tertiary/aromatic N) is 1. The maximum Gasteiger partial charge on any atom is 0.237 e. The zero-order chi connectivity index (χ0) is 14.3. The lowest BCUT2D eigenvalue weighted by Gasteiger charge is -2.34. The van der Waals surface area contributed by atoms with E-state index in [-0.39, 0.29) is 29.8 Å². The van der Waals surface area contributed by atoms with Crippen LogP contribution in [0.4, 0.5) is 0 Å². The highest BCUT2D eigenvalue weighted by Gasteiger charge is 2.59. The molecular weight excluding hydrogens is 254 g/mol. The van der Waals surface area contributed by atoms with Gasteiger partial charge >= 0.3 is 0 Å². The van der Waals surface area contributed by atoms with Crippen molar-refractivity contribution in [1.29, 1.82) is 0 Å². The Bertz CT molecular complexity index is 488. The summed E-state index contributed by atoms with van der Waals surface area (Å²) in [5.41, 5.74) is -0.597. The highest BCUT2D eigenvalue weighted by molar-refractivity contribution is 6.19. The van der Waals surface area contributed by atoms with Crippen LogP contribution in [-0.2, 0) is 14.4 Å². The second kappa shape index (κ2) is 4.83. The number of hydrogen-bond donors (Lipinski definition) is 0. The van der Waals surface area contributed by atoms with E-state index in [1.165, 1.54) is 0 Å². The molecule has 2 saturated carbocycles. The fraction of sp³-hybridized carbons (Fsp3) is 0.688. The third-order valence-corrected chi connectivity index (χ3v) is 5.09. The van der Waals surface area contributed by atoms with E-state index in [1.54, 1.807) is 0 Å². The van der Waals surface area contributed by atoms with Crippen LogP contribution in [0.25, 0.3) is 0 Å². The van der Waals surface area contributed by atoms with Crippen molar-refractivity contribution in [2.45, 2.75) is 44.9 Å². The summed E-state index contributed by atoms with van der Waals surface area (Å²) in [6.07, 6.45) is 5.25. The summed E-state index contributed by atoms with van der Waals surface area (Å²) >= 11 is 0. The van der Waals surface area contributed by atoms with Crippen molar-refractivity contribution in [2.75, 3.05) is 13.1 Å². The van der Waals surface area contributed by atoms with E-state index >= 15 is 0 Å². The van der Waals surface area contributed by atoms with E-state index in [9.17, 15) is 14.4 Å². The van der Waals surface area contributed by atoms with Crippen LogP contribution in [0.5, 0.6) is 0 Å². The number of Topliss-reactive ketones (excluding diaryl/α,β-unsaturated/α-hetero) is 2. The second-order valence-electron chi connectivity index (χ2n) is 6.46. The quantitative estimate of drug-likeness (QED) is 0.542. The van der Waals surface area contributed by atoms with Crippen molar-refractivity contribution in [3.8, 4) is 0 Å². The minimum Gasteiger partial charge on any atom is -0.342 e. The molecule has 0 aromatic carbocycles. The molecule has 2 aliphatic carbocycles. The third kappa shape index (κ3) is 1.93. The molecule has 1 amide bonds. The van der Waals surface area contributed by atoms with Crippen LogP contribution >= 0.6 is 0 Å². The molecule has 1 aliphatic heterocycles. The zero-order valence-electron chi connectivity index (χ0n) is 11.8. The van der Waals surface area contributed by atoms with Crippen molar-refractivity contribution >= 4 is 17.5 Å². The molecular formula is C16H21NO3. The van der Waals surface area contributed by atoms with Gasteiger partial charge in [0.05, 0.1) is 0 Å². The molecule has 20 heavy (non-hydrogen) atoms. The average molecular weight is 275 g/mol. The molecule has 3 fully saturated rings. The fourth-order valence-corrected chi connectivity index (χ4v) is 4.00. The van der Waals surface area contributed by atoms with Gasteiger partial charge in [0, 0.05) is 25.9 Å². The number of carbonyl (C=O) groups is 3.